The van der Waals surface area contributed by atoms with Gasteiger partial charge in [-0.05, 0) is 44.1 Å². The van der Waals surface area contributed by atoms with Crippen molar-refractivity contribution in [2.24, 2.45) is 0 Å². The molecule has 0 aliphatic carbocycles. The Hall–Kier alpha value is -1.74. The van der Waals surface area contributed by atoms with Crippen LogP contribution in [0.5, 0.6) is 0 Å². The first kappa shape index (κ1) is 20.0. The zero-order chi connectivity index (χ0) is 19.2. The number of benzene rings is 1. The minimum atomic E-state index is -0.486. The second kappa shape index (κ2) is 9.45. The van der Waals surface area contributed by atoms with E-state index in [0.29, 0.717) is 24.1 Å². The van der Waals surface area contributed by atoms with Crippen molar-refractivity contribution in [3.8, 4) is 0 Å². The third-order valence-corrected chi connectivity index (χ3v) is 5.95. The summed E-state index contributed by atoms with van der Waals surface area (Å²) in [5, 5.41) is 6.74. The predicted octanol–water partition coefficient (Wildman–Crippen LogP) is 2.60. The van der Waals surface area contributed by atoms with Crippen molar-refractivity contribution in [1.29, 1.82) is 0 Å². The lowest BCUT2D eigenvalue weighted by Gasteiger charge is -2.30. The fourth-order valence-corrected chi connectivity index (χ4v) is 4.39. The highest BCUT2D eigenvalue weighted by atomic mass is 35.5. The summed E-state index contributed by atoms with van der Waals surface area (Å²) in [4.78, 5) is 30.4. The molecule has 2 N–H and O–H groups in total. The number of nitrogens with one attached hydrogen (secondary N) is 2. The van der Waals surface area contributed by atoms with Gasteiger partial charge in [0.15, 0.2) is 0 Å². The maximum absolute atomic E-state index is 12.0. The minimum absolute atomic E-state index is 0.222. The Labute approximate surface area is 167 Å². The van der Waals surface area contributed by atoms with Crippen molar-refractivity contribution in [2.75, 3.05) is 39.9 Å². The van der Waals surface area contributed by atoms with Gasteiger partial charge in [-0.2, -0.15) is 0 Å². The number of ether oxygens (including phenoxy) is 1. The molecule has 9 heteroatoms. The molecule has 2 heterocycles. The number of nitrogens with zero attached hydrogens (tertiary/aromatic N) is 2. The number of halogens is 1. The number of amides is 3. The van der Waals surface area contributed by atoms with Crippen LogP contribution in [-0.4, -0.2) is 61.7 Å². The number of likely N-dealkylation sites (tertiary alicyclic amines) is 1. The van der Waals surface area contributed by atoms with Gasteiger partial charge in [0.1, 0.15) is 0 Å². The number of hydrogen-bond acceptors (Lipinski definition) is 6. The third-order valence-electron chi connectivity index (χ3n) is 4.51. The average Bonchev–Trinajstić information content (AvgIpc) is 3.05. The van der Waals surface area contributed by atoms with E-state index in [-0.39, 0.29) is 12.5 Å². The second-order valence-electron chi connectivity index (χ2n) is 6.51. The number of hydrogen-bond donors (Lipinski definition) is 2. The van der Waals surface area contributed by atoms with E-state index in [1.54, 1.807) is 18.4 Å². The van der Waals surface area contributed by atoms with Gasteiger partial charge in [-0.15, -0.1) is 11.3 Å². The number of rotatable bonds is 6. The number of thiazole rings is 1. The Bertz CT molecular complexity index is 805. The van der Waals surface area contributed by atoms with Gasteiger partial charge in [0.25, 0.3) is 0 Å². The molecule has 3 rings (SSSR count). The van der Waals surface area contributed by atoms with E-state index in [0.717, 1.165) is 41.2 Å². The Morgan fingerprint density at radius 2 is 2.15 bits per heavy atom. The zero-order valence-electron chi connectivity index (χ0n) is 15.2. The van der Waals surface area contributed by atoms with Crippen molar-refractivity contribution in [3.05, 3.63) is 28.2 Å². The fourth-order valence-electron chi connectivity index (χ4n) is 3.11. The monoisotopic (exact) mass is 410 g/mol. The quantitative estimate of drug-likeness (QED) is 0.715. The molecule has 0 bridgehead atoms. The number of imide groups is 1. The van der Waals surface area contributed by atoms with Crippen LogP contribution in [0.25, 0.3) is 10.2 Å². The van der Waals surface area contributed by atoms with Gasteiger partial charge >= 0.3 is 6.03 Å². The summed E-state index contributed by atoms with van der Waals surface area (Å²) in [5.74, 6) is 0.107. The van der Waals surface area contributed by atoms with Gasteiger partial charge in [0, 0.05) is 24.6 Å². The molecule has 1 aliphatic heterocycles. The SMILES string of the molecule is COCCNC(=O)NC(=O)CN1CCC(c2nc3cc(Cl)ccc3s2)CC1. The highest BCUT2D eigenvalue weighted by molar-refractivity contribution is 7.18. The first-order valence-electron chi connectivity index (χ1n) is 8.90. The molecular formula is C18H23ClN4O3S. The molecule has 0 atom stereocenters. The lowest BCUT2D eigenvalue weighted by atomic mass is 9.97. The smallest absolute Gasteiger partial charge is 0.321 e. The molecule has 3 amide bonds. The number of fused-ring (bicyclic) bond motifs is 1. The van der Waals surface area contributed by atoms with Gasteiger partial charge in [0.05, 0.1) is 28.4 Å². The molecule has 1 saturated heterocycles. The zero-order valence-corrected chi connectivity index (χ0v) is 16.7. The van der Waals surface area contributed by atoms with E-state index in [4.69, 9.17) is 21.3 Å². The van der Waals surface area contributed by atoms with Gasteiger partial charge in [-0.1, -0.05) is 11.6 Å². The van der Waals surface area contributed by atoms with Crippen molar-refractivity contribution in [2.45, 2.75) is 18.8 Å². The van der Waals surface area contributed by atoms with Crippen LogP contribution in [0.4, 0.5) is 4.79 Å². The Morgan fingerprint density at radius 3 is 2.89 bits per heavy atom. The lowest BCUT2D eigenvalue weighted by molar-refractivity contribution is -0.121. The average molecular weight is 411 g/mol. The van der Waals surface area contributed by atoms with Crippen molar-refractivity contribution in [1.82, 2.24) is 20.5 Å². The summed E-state index contributed by atoms with van der Waals surface area (Å²) in [6.07, 6.45) is 1.89. The van der Waals surface area contributed by atoms with Gasteiger partial charge < -0.3 is 10.1 Å². The molecule has 0 radical (unpaired) electrons. The summed E-state index contributed by atoms with van der Waals surface area (Å²) in [5.41, 5.74) is 0.948. The van der Waals surface area contributed by atoms with E-state index < -0.39 is 6.03 Å². The highest BCUT2D eigenvalue weighted by Gasteiger charge is 2.24. The van der Waals surface area contributed by atoms with Crippen LogP contribution < -0.4 is 10.6 Å². The van der Waals surface area contributed by atoms with Crippen LogP contribution >= 0.6 is 22.9 Å². The van der Waals surface area contributed by atoms with Crippen molar-refractivity contribution >= 4 is 45.1 Å². The molecule has 27 heavy (non-hydrogen) atoms. The molecule has 7 nitrogen and oxygen atoms in total. The van der Waals surface area contributed by atoms with Crippen LogP contribution in [0.1, 0.15) is 23.8 Å². The first-order valence-corrected chi connectivity index (χ1v) is 10.1. The molecule has 1 aromatic carbocycles. The van der Waals surface area contributed by atoms with E-state index in [1.807, 2.05) is 18.2 Å². The van der Waals surface area contributed by atoms with E-state index in [2.05, 4.69) is 15.5 Å². The topological polar surface area (TPSA) is 83.6 Å². The standard InChI is InChI=1S/C18H23ClN4O3S/c1-26-9-6-20-18(25)22-16(24)11-23-7-4-12(5-8-23)17-21-14-10-13(19)2-3-15(14)27-17/h2-3,10,12H,4-9,11H2,1H3,(H2,20,22,24,25). The van der Waals surface area contributed by atoms with Gasteiger partial charge in [-0.3, -0.25) is 15.0 Å². The third kappa shape index (κ3) is 5.62. The first-order chi connectivity index (χ1) is 13.0. The molecule has 1 aromatic heterocycles. The predicted molar refractivity (Wildman–Crippen MR) is 106 cm³/mol. The van der Waals surface area contributed by atoms with Crippen LogP contribution in [-0.2, 0) is 9.53 Å². The molecular weight excluding hydrogens is 388 g/mol. The summed E-state index contributed by atoms with van der Waals surface area (Å²) in [6.45, 7) is 2.61. The maximum atomic E-state index is 12.0. The van der Waals surface area contributed by atoms with Crippen molar-refractivity contribution in [3.63, 3.8) is 0 Å². The molecule has 1 aliphatic rings. The van der Waals surface area contributed by atoms with Crippen molar-refractivity contribution < 1.29 is 14.3 Å². The molecule has 0 unspecified atom stereocenters. The fraction of sp³-hybridized carbons (Fsp3) is 0.500. The lowest BCUT2D eigenvalue weighted by Crippen LogP contribution is -2.46. The largest absolute Gasteiger partial charge is 0.383 e. The molecule has 146 valence electrons. The Morgan fingerprint density at radius 1 is 1.37 bits per heavy atom. The number of urea groups is 1. The normalized spacial score (nSPS) is 15.8. The van der Waals surface area contributed by atoms with Gasteiger partial charge in [0.2, 0.25) is 5.91 Å². The summed E-state index contributed by atoms with van der Waals surface area (Å²) < 4.78 is 5.99. The van der Waals surface area contributed by atoms with E-state index >= 15 is 0 Å². The minimum Gasteiger partial charge on any atom is -0.383 e. The molecule has 0 spiro atoms. The number of aromatic nitrogens is 1. The number of piperidine rings is 1. The highest BCUT2D eigenvalue weighted by Crippen LogP contribution is 2.34. The summed E-state index contributed by atoms with van der Waals surface area (Å²) in [7, 11) is 1.55. The number of carbonyl (C=O) groups excluding carboxylic acids is 2. The molecule has 0 saturated carbocycles. The van der Waals surface area contributed by atoms with E-state index in [9.17, 15) is 9.59 Å². The molecule has 1 fully saturated rings. The van der Waals surface area contributed by atoms with Gasteiger partial charge in [-0.25, -0.2) is 9.78 Å². The van der Waals surface area contributed by atoms with Crippen LogP contribution in [0, 0.1) is 0 Å². The Kier molecular flexibility index (Phi) is 7.01. The second-order valence-corrected chi connectivity index (χ2v) is 8.01. The van der Waals surface area contributed by atoms with Crippen LogP contribution in [0.3, 0.4) is 0 Å². The number of carbonyl (C=O) groups is 2. The summed E-state index contributed by atoms with van der Waals surface area (Å²) >= 11 is 7.75. The Balaban J connectivity index is 1.45. The van der Waals surface area contributed by atoms with Crippen LogP contribution in [0.15, 0.2) is 18.2 Å². The molecule has 2 aromatic rings. The van der Waals surface area contributed by atoms with E-state index in [1.165, 1.54) is 0 Å². The maximum Gasteiger partial charge on any atom is 0.321 e. The summed E-state index contributed by atoms with van der Waals surface area (Å²) in [6, 6.07) is 5.31. The van der Waals surface area contributed by atoms with Crippen LogP contribution in [0.2, 0.25) is 5.02 Å². The number of methoxy groups -OCH3 is 1.